The summed E-state index contributed by atoms with van der Waals surface area (Å²) in [6, 6.07) is 2.33. The number of amides is 1. The Balaban J connectivity index is 2.13. The molecule has 1 amide bonds. The van der Waals surface area contributed by atoms with Crippen LogP contribution in [0.1, 0.15) is 63.0 Å². The van der Waals surface area contributed by atoms with Crippen molar-refractivity contribution in [2.75, 3.05) is 6.54 Å². The molecule has 1 unspecified atom stereocenters. The Hall–Kier alpha value is -1.29. The Labute approximate surface area is 128 Å². The monoisotopic (exact) mass is 291 g/mol. The smallest absolute Gasteiger partial charge is 0.221 e. The minimum atomic E-state index is 0.123. The predicted octanol–water partition coefficient (Wildman–Crippen LogP) is 2.69. The summed E-state index contributed by atoms with van der Waals surface area (Å²) in [5.74, 6) is 0.137. The van der Waals surface area contributed by atoms with Gasteiger partial charge in [-0.25, -0.2) is 0 Å². The van der Waals surface area contributed by atoms with Crippen LogP contribution in [0, 0.1) is 12.3 Å². The number of nitrogens with two attached hydrogens (primary N) is 1. The molecule has 3 N–H and O–H groups in total. The van der Waals surface area contributed by atoms with E-state index in [2.05, 4.69) is 43.6 Å². The zero-order chi connectivity index (χ0) is 15.6. The first kappa shape index (κ1) is 16.1. The summed E-state index contributed by atoms with van der Waals surface area (Å²) >= 11 is 0. The Morgan fingerprint density at radius 3 is 2.90 bits per heavy atom. The molecule has 0 fully saturated rings. The number of carbonyl (C=O) groups excluding carboxylic acids is 1. The molecule has 1 aromatic rings. The molecule has 0 aliphatic heterocycles. The average Bonchev–Trinajstić information content (AvgIpc) is 2.69. The summed E-state index contributed by atoms with van der Waals surface area (Å²) < 4.78 is 2.29. The van der Waals surface area contributed by atoms with Gasteiger partial charge in [-0.15, -0.1) is 0 Å². The van der Waals surface area contributed by atoms with Crippen molar-refractivity contribution in [3.05, 3.63) is 23.0 Å². The SMILES string of the molecule is CCCNC(=O)CCn1c(C)cc2c1CC(C)(C)CC2N. The molecule has 0 aromatic carbocycles. The van der Waals surface area contributed by atoms with Crippen LogP contribution >= 0.6 is 0 Å². The summed E-state index contributed by atoms with van der Waals surface area (Å²) in [5, 5.41) is 2.94. The number of hydrogen-bond donors (Lipinski definition) is 2. The summed E-state index contributed by atoms with van der Waals surface area (Å²) in [7, 11) is 0. The van der Waals surface area contributed by atoms with Gasteiger partial charge in [0.1, 0.15) is 0 Å². The molecule has 1 heterocycles. The largest absolute Gasteiger partial charge is 0.356 e. The number of aromatic nitrogens is 1. The zero-order valence-corrected chi connectivity index (χ0v) is 13.8. The molecular formula is C17H29N3O. The van der Waals surface area contributed by atoms with Crippen LogP contribution < -0.4 is 11.1 Å². The standard InChI is InChI=1S/C17H29N3O/c1-5-7-19-16(21)6-8-20-12(2)9-13-14(18)10-17(3,4)11-15(13)20/h9,14H,5-8,10-11,18H2,1-4H3,(H,19,21). The number of nitrogens with one attached hydrogen (secondary N) is 1. The van der Waals surface area contributed by atoms with Crippen LogP contribution in [-0.2, 0) is 17.8 Å². The average molecular weight is 291 g/mol. The molecule has 2 rings (SSSR count). The molecule has 0 saturated heterocycles. The lowest BCUT2D eigenvalue weighted by Crippen LogP contribution is -2.31. The van der Waals surface area contributed by atoms with Gasteiger partial charge in [0.25, 0.3) is 0 Å². The topological polar surface area (TPSA) is 60.0 Å². The van der Waals surface area contributed by atoms with E-state index in [1.165, 1.54) is 17.0 Å². The third-order valence-corrected chi connectivity index (χ3v) is 4.40. The first-order chi connectivity index (χ1) is 9.84. The summed E-state index contributed by atoms with van der Waals surface area (Å²) in [6.45, 7) is 10.2. The summed E-state index contributed by atoms with van der Waals surface area (Å²) in [4.78, 5) is 11.8. The van der Waals surface area contributed by atoms with Gasteiger partial charge in [-0.05, 0) is 43.2 Å². The molecule has 1 aliphatic carbocycles. The van der Waals surface area contributed by atoms with E-state index in [1.807, 2.05) is 0 Å². The van der Waals surface area contributed by atoms with Crippen LogP contribution in [0.2, 0.25) is 0 Å². The second kappa shape index (κ2) is 6.22. The number of fused-ring (bicyclic) bond motifs is 1. The number of rotatable bonds is 5. The fraction of sp³-hybridized carbons (Fsp3) is 0.706. The van der Waals surface area contributed by atoms with Gasteiger partial charge in [0.15, 0.2) is 0 Å². The van der Waals surface area contributed by atoms with Crippen LogP contribution in [0.4, 0.5) is 0 Å². The number of nitrogens with zero attached hydrogens (tertiary/aromatic N) is 1. The molecule has 0 saturated carbocycles. The van der Waals surface area contributed by atoms with E-state index in [1.54, 1.807) is 0 Å². The van der Waals surface area contributed by atoms with Crippen molar-refractivity contribution >= 4 is 5.91 Å². The second-order valence-corrected chi connectivity index (χ2v) is 7.09. The molecule has 21 heavy (non-hydrogen) atoms. The first-order valence-corrected chi connectivity index (χ1v) is 8.05. The van der Waals surface area contributed by atoms with Crippen LogP contribution in [0.15, 0.2) is 6.07 Å². The maximum absolute atomic E-state index is 11.8. The Morgan fingerprint density at radius 2 is 2.24 bits per heavy atom. The molecule has 4 nitrogen and oxygen atoms in total. The molecule has 1 aromatic heterocycles. The highest BCUT2D eigenvalue weighted by atomic mass is 16.1. The minimum Gasteiger partial charge on any atom is -0.356 e. The third-order valence-electron chi connectivity index (χ3n) is 4.40. The van der Waals surface area contributed by atoms with Gasteiger partial charge < -0.3 is 15.6 Å². The Morgan fingerprint density at radius 1 is 1.52 bits per heavy atom. The van der Waals surface area contributed by atoms with Crippen molar-refractivity contribution in [3.8, 4) is 0 Å². The molecule has 1 atom stereocenters. The van der Waals surface area contributed by atoms with Crippen molar-refractivity contribution < 1.29 is 4.79 Å². The molecule has 4 heteroatoms. The zero-order valence-electron chi connectivity index (χ0n) is 13.8. The van der Waals surface area contributed by atoms with Gasteiger partial charge in [0, 0.05) is 36.9 Å². The van der Waals surface area contributed by atoms with Crippen molar-refractivity contribution in [1.29, 1.82) is 0 Å². The van der Waals surface area contributed by atoms with Gasteiger partial charge in [-0.3, -0.25) is 4.79 Å². The van der Waals surface area contributed by atoms with E-state index in [-0.39, 0.29) is 17.4 Å². The summed E-state index contributed by atoms with van der Waals surface area (Å²) in [6.07, 6.45) is 3.59. The second-order valence-electron chi connectivity index (χ2n) is 7.09. The van der Waals surface area contributed by atoms with Crippen LogP contribution in [0.5, 0.6) is 0 Å². The van der Waals surface area contributed by atoms with Crippen molar-refractivity contribution in [1.82, 2.24) is 9.88 Å². The van der Waals surface area contributed by atoms with Crippen LogP contribution in [0.25, 0.3) is 0 Å². The quantitative estimate of drug-likeness (QED) is 0.876. The van der Waals surface area contributed by atoms with E-state index >= 15 is 0 Å². The lowest BCUT2D eigenvalue weighted by atomic mass is 9.74. The molecule has 1 aliphatic rings. The van der Waals surface area contributed by atoms with Crippen molar-refractivity contribution in [3.63, 3.8) is 0 Å². The highest BCUT2D eigenvalue weighted by Crippen LogP contribution is 2.40. The van der Waals surface area contributed by atoms with E-state index in [0.717, 1.165) is 32.4 Å². The highest BCUT2D eigenvalue weighted by Gasteiger charge is 2.33. The molecule has 0 bridgehead atoms. The van der Waals surface area contributed by atoms with E-state index < -0.39 is 0 Å². The fourth-order valence-electron chi connectivity index (χ4n) is 3.38. The lowest BCUT2D eigenvalue weighted by molar-refractivity contribution is -0.121. The van der Waals surface area contributed by atoms with Gasteiger partial charge in [-0.1, -0.05) is 20.8 Å². The highest BCUT2D eigenvalue weighted by molar-refractivity contribution is 5.75. The third kappa shape index (κ3) is 3.67. The van der Waals surface area contributed by atoms with Gasteiger partial charge in [0.2, 0.25) is 5.91 Å². The van der Waals surface area contributed by atoms with Crippen LogP contribution in [-0.4, -0.2) is 17.0 Å². The molecule has 0 spiro atoms. The summed E-state index contributed by atoms with van der Waals surface area (Å²) in [5.41, 5.74) is 10.4. The minimum absolute atomic E-state index is 0.123. The van der Waals surface area contributed by atoms with Gasteiger partial charge in [0.05, 0.1) is 0 Å². The number of aryl methyl sites for hydroxylation is 1. The first-order valence-electron chi connectivity index (χ1n) is 8.05. The number of hydrogen-bond acceptors (Lipinski definition) is 2. The van der Waals surface area contributed by atoms with Crippen molar-refractivity contribution in [2.24, 2.45) is 11.1 Å². The Bertz CT molecular complexity index is 516. The maximum Gasteiger partial charge on any atom is 0.221 e. The fourth-order valence-corrected chi connectivity index (χ4v) is 3.38. The predicted molar refractivity (Wildman–Crippen MR) is 86.1 cm³/mol. The van der Waals surface area contributed by atoms with E-state index in [0.29, 0.717) is 6.42 Å². The van der Waals surface area contributed by atoms with Gasteiger partial charge in [-0.2, -0.15) is 0 Å². The lowest BCUT2D eigenvalue weighted by Gasteiger charge is -2.34. The van der Waals surface area contributed by atoms with E-state index in [9.17, 15) is 4.79 Å². The van der Waals surface area contributed by atoms with Gasteiger partial charge >= 0.3 is 0 Å². The van der Waals surface area contributed by atoms with Crippen molar-refractivity contribution in [2.45, 2.75) is 66.0 Å². The molecular weight excluding hydrogens is 262 g/mol. The maximum atomic E-state index is 11.8. The Kier molecular flexibility index (Phi) is 4.77. The normalized spacial score (nSPS) is 20.1. The number of carbonyl (C=O) groups is 1. The van der Waals surface area contributed by atoms with Crippen LogP contribution in [0.3, 0.4) is 0 Å². The molecule has 118 valence electrons. The van der Waals surface area contributed by atoms with E-state index in [4.69, 9.17) is 5.73 Å². The molecule has 0 radical (unpaired) electrons.